The zero-order valence-corrected chi connectivity index (χ0v) is 21.4. The molecular formula is C25H23FN6O3S2. The minimum Gasteiger partial charge on any atom is -0.497 e. The van der Waals surface area contributed by atoms with Crippen molar-refractivity contribution in [1.29, 1.82) is 0 Å². The van der Waals surface area contributed by atoms with Crippen LogP contribution in [0.5, 0.6) is 5.75 Å². The predicted molar refractivity (Wildman–Crippen MR) is 141 cm³/mol. The van der Waals surface area contributed by atoms with Gasteiger partial charge in [-0.15, -0.1) is 11.3 Å². The third kappa shape index (κ3) is 5.45. The van der Waals surface area contributed by atoms with Crippen LogP contribution in [-0.2, 0) is 10.0 Å². The number of ether oxygens (including phenoxy) is 1. The maximum atomic E-state index is 13.4. The summed E-state index contributed by atoms with van der Waals surface area (Å²) in [6.07, 6.45) is 4.09. The molecule has 0 fully saturated rings. The summed E-state index contributed by atoms with van der Waals surface area (Å²) in [5.41, 5.74) is 3.21. The molecular weight excluding hydrogens is 515 g/mol. The minimum atomic E-state index is -3.78. The summed E-state index contributed by atoms with van der Waals surface area (Å²) < 4.78 is 47.9. The van der Waals surface area contributed by atoms with Gasteiger partial charge in [0.05, 0.1) is 23.4 Å². The fourth-order valence-electron chi connectivity index (χ4n) is 3.79. The van der Waals surface area contributed by atoms with E-state index >= 15 is 0 Å². The van der Waals surface area contributed by atoms with Crippen LogP contribution in [0.3, 0.4) is 0 Å². The number of hydrogen-bond donors (Lipinski definition) is 2. The Balaban J connectivity index is 1.29. The van der Waals surface area contributed by atoms with Crippen LogP contribution >= 0.6 is 11.3 Å². The van der Waals surface area contributed by atoms with Crippen LogP contribution in [0.15, 0.2) is 77.3 Å². The van der Waals surface area contributed by atoms with Gasteiger partial charge in [0.15, 0.2) is 4.96 Å². The second kappa shape index (κ2) is 10.6. The average molecular weight is 539 g/mol. The average Bonchev–Trinajstić information content (AvgIpc) is 3.50. The van der Waals surface area contributed by atoms with E-state index in [9.17, 15) is 12.8 Å². The number of nitrogens with zero attached hydrogens (tertiary/aromatic N) is 4. The van der Waals surface area contributed by atoms with Gasteiger partial charge in [0, 0.05) is 36.4 Å². The Morgan fingerprint density at radius 2 is 1.95 bits per heavy atom. The van der Waals surface area contributed by atoms with E-state index in [0.717, 1.165) is 33.7 Å². The lowest BCUT2D eigenvalue weighted by molar-refractivity contribution is 0.415. The second-order valence-electron chi connectivity index (χ2n) is 8.00. The fourth-order valence-corrected chi connectivity index (χ4v) is 5.61. The van der Waals surface area contributed by atoms with Crippen molar-refractivity contribution in [3.8, 4) is 28.4 Å². The summed E-state index contributed by atoms with van der Waals surface area (Å²) in [5, 5.41) is 5.10. The number of thiazole rings is 1. The number of hydrogen-bond acceptors (Lipinski definition) is 8. The molecule has 0 amide bonds. The quantitative estimate of drug-likeness (QED) is 0.253. The predicted octanol–water partition coefficient (Wildman–Crippen LogP) is 4.45. The van der Waals surface area contributed by atoms with Crippen LogP contribution in [0, 0.1) is 5.82 Å². The third-order valence-corrected chi connectivity index (χ3v) is 7.75. The zero-order valence-electron chi connectivity index (χ0n) is 19.8. The molecule has 0 bridgehead atoms. The normalized spacial score (nSPS) is 11.6. The Morgan fingerprint density at radius 1 is 1.08 bits per heavy atom. The van der Waals surface area contributed by atoms with E-state index in [1.807, 2.05) is 46.3 Å². The highest BCUT2D eigenvalue weighted by molar-refractivity contribution is 7.89. The number of imidazole rings is 1. The highest BCUT2D eigenvalue weighted by atomic mass is 32.2. The third-order valence-electron chi connectivity index (χ3n) is 5.54. The molecule has 9 nitrogen and oxygen atoms in total. The van der Waals surface area contributed by atoms with Crippen LogP contribution in [0.4, 0.5) is 10.3 Å². The Hall–Kier alpha value is -3.87. The molecule has 0 spiro atoms. The fraction of sp³-hybridized carbons (Fsp3) is 0.160. The van der Waals surface area contributed by atoms with Crippen molar-refractivity contribution in [2.24, 2.45) is 0 Å². The smallest absolute Gasteiger partial charge is 0.240 e. The Kier molecular flexibility index (Phi) is 7.12. The van der Waals surface area contributed by atoms with Crippen LogP contribution in [-0.4, -0.2) is 48.0 Å². The maximum Gasteiger partial charge on any atom is 0.240 e. The summed E-state index contributed by atoms with van der Waals surface area (Å²) in [4.78, 5) is 14.5. The van der Waals surface area contributed by atoms with Crippen molar-refractivity contribution in [3.63, 3.8) is 0 Å². The van der Waals surface area contributed by atoms with Gasteiger partial charge in [-0.1, -0.05) is 18.2 Å². The number of fused-ring (bicyclic) bond motifs is 1. The monoisotopic (exact) mass is 538 g/mol. The summed E-state index contributed by atoms with van der Waals surface area (Å²) >= 11 is 1.53. The van der Waals surface area contributed by atoms with Crippen LogP contribution in [0.1, 0.15) is 6.42 Å². The number of rotatable bonds is 10. The van der Waals surface area contributed by atoms with Gasteiger partial charge in [0.25, 0.3) is 0 Å². The largest absolute Gasteiger partial charge is 0.497 e. The molecule has 0 saturated carbocycles. The molecule has 0 saturated heterocycles. The number of halogens is 1. The number of nitrogens with one attached hydrogen (secondary N) is 2. The number of benzene rings is 2. The lowest BCUT2D eigenvalue weighted by atomic mass is 10.1. The lowest BCUT2D eigenvalue weighted by Gasteiger charge is -2.09. The standard InChI is InChI=1S/C25H23FN6O3S2/c1-35-19-7-2-5-17(15-19)22-23(32-13-14-36-25(32)31-22)21-9-12-28-24(30-21)27-10-4-11-29-37(33,34)20-8-3-6-18(26)16-20/h2-3,5-9,12-16,29H,4,10-11H2,1H3,(H,27,28,30). The molecule has 0 aliphatic carbocycles. The molecule has 3 heterocycles. The van der Waals surface area contributed by atoms with Crippen molar-refractivity contribution in [2.45, 2.75) is 11.3 Å². The van der Waals surface area contributed by atoms with E-state index in [-0.39, 0.29) is 11.4 Å². The molecule has 0 aliphatic heterocycles. The maximum absolute atomic E-state index is 13.4. The summed E-state index contributed by atoms with van der Waals surface area (Å²) in [5.74, 6) is 0.541. The molecule has 0 radical (unpaired) electrons. The Bertz CT molecular complexity index is 1650. The molecule has 0 unspecified atom stereocenters. The SMILES string of the molecule is COc1cccc(-c2nc3sccn3c2-c2ccnc(NCCCNS(=O)(=O)c3cccc(F)c3)n2)c1. The first-order chi connectivity index (χ1) is 17.9. The minimum absolute atomic E-state index is 0.108. The molecule has 5 aromatic rings. The lowest BCUT2D eigenvalue weighted by Crippen LogP contribution is -2.26. The van der Waals surface area contributed by atoms with Gasteiger partial charge in [0.2, 0.25) is 16.0 Å². The first-order valence-corrected chi connectivity index (χ1v) is 13.7. The topological polar surface area (TPSA) is 111 Å². The zero-order chi connectivity index (χ0) is 25.8. The van der Waals surface area contributed by atoms with E-state index in [1.54, 1.807) is 13.3 Å². The summed E-state index contributed by atoms with van der Waals surface area (Å²) in [7, 11) is -2.16. The van der Waals surface area contributed by atoms with E-state index in [1.165, 1.54) is 29.5 Å². The summed E-state index contributed by atoms with van der Waals surface area (Å²) in [6, 6.07) is 14.4. The molecule has 0 aliphatic rings. The molecule has 12 heteroatoms. The number of aromatic nitrogens is 4. The van der Waals surface area contributed by atoms with Gasteiger partial charge in [0.1, 0.15) is 17.3 Å². The molecule has 37 heavy (non-hydrogen) atoms. The number of methoxy groups -OCH3 is 1. The highest BCUT2D eigenvalue weighted by Crippen LogP contribution is 2.34. The number of sulfonamides is 1. The second-order valence-corrected chi connectivity index (χ2v) is 10.6. The van der Waals surface area contributed by atoms with E-state index in [4.69, 9.17) is 9.72 Å². The van der Waals surface area contributed by atoms with Gasteiger partial charge < -0.3 is 10.1 Å². The van der Waals surface area contributed by atoms with Crippen molar-refractivity contribution in [3.05, 3.63) is 78.2 Å². The van der Waals surface area contributed by atoms with Crippen LogP contribution in [0.2, 0.25) is 0 Å². The van der Waals surface area contributed by atoms with Crippen molar-refractivity contribution >= 4 is 32.3 Å². The van der Waals surface area contributed by atoms with E-state index in [0.29, 0.717) is 24.6 Å². The Labute approximate surface area is 217 Å². The summed E-state index contributed by atoms with van der Waals surface area (Å²) in [6.45, 7) is 0.599. The van der Waals surface area contributed by atoms with Gasteiger partial charge in [-0.3, -0.25) is 4.40 Å². The molecule has 2 N–H and O–H groups in total. The van der Waals surface area contributed by atoms with Crippen molar-refractivity contribution in [2.75, 3.05) is 25.5 Å². The molecule has 3 aromatic heterocycles. The van der Waals surface area contributed by atoms with Gasteiger partial charge in [-0.25, -0.2) is 32.5 Å². The van der Waals surface area contributed by atoms with E-state index < -0.39 is 15.8 Å². The number of anilines is 1. The molecule has 5 rings (SSSR count). The van der Waals surface area contributed by atoms with Crippen LogP contribution < -0.4 is 14.8 Å². The first kappa shape index (κ1) is 24.8. The highest BCUT2D eigenvalue weighted by Gasteiger charge is 2.19. The Morgan fingerprint density at radius 3 is 2.78 bits per heavy atom. The molecule has 0 atom stereocenters. The van der Waals surface area contributed by atoms with Crippen molar-refractivity contribution < 1.29 is 17.5 Å². The van der Waals surface area contributed by atoms with Gasteiger partial charge in [-0.05, 0) is 42.8 Å². The molecule has 190 valence electrons. The van der Waals surface area contributed by atoms with Crippen molar-refractivity contribution in [1.82, 2.24) is 24.1 Å². The first-order valence-electron chi connectivity index (χ1n) is 11.4. The molecule has 2 aromatic carbocycles. The van der Waals surface area contributed by atoms with Gasteiger partial charge in [-0.2, -0.15) is 0 Å². The van der Waals surface area contributed by atoms with Crippen LogP contribution in [0.25, 0.3) is 27.6 Å². The van der Waals surface area contributed by atoms with Gasteiger partial charge >= 0.3 is 0 Å². The van der Waals surface area contributed by atoms with E-state index in [2.05, 4.69) is 20.0 Å².